The van der Waals surface area contributed by atoms with E-state index < -0.39 is 5.60 Å². The van der Waals surface area contributed by atoms with Crippen molar-refractivity contribution < 1.29 is 5.11 Å². The summed E-state index contributed by atoms with van der Waals surface area (Å²) < 4.78 is 0. The summed E-state index contributed by atoms with van der Waals surface area (Å²) in [6.45, 7) is 8.43. The van der Waals surface area contributed by atoms with Crippen LogP contribution in [-0.2, 0) is 0 Å². The molecule has 2 bridgehead atoms. The molecule has 2 unspecified atom stereocenters. The lowest BCUT2D eigenvalue weighted by molar-refractivity contribution is 0.0716. The molecule has 0 aromatic rings. The Labute approximate surface area is 68.1 Å². The standard InChI is InChI=1S/C10H16O/c1-7-4-8-5-10(7,11)6-9(8,2)3/h8,11H,1,4-6H2,2-3H3. The number of hydrogen-bond donors (Lipinski definition) is 1. The lowest BCUT2D eigenvalue weighted by Crippen LogP contribution is -2.30. The molecular formula is C10H16O. The summed E-state index contributed by atoms with van der Waals surface area (Å²) in [6.07, 6.45) is 2.92. The maximum Gasteiger partial charge on any atom is 0.0862 e. The van der Waals surface area contributed by atoms with Crippen LogP contribution in [0, 0.1) is 11.3 Å². The molecule has 0 radical (unpaired) electrons. The third-order valence-electron chi connectivity index (χ3n) is 3.59. The molecular weight excluding hydrogens is 136 g/mol. The SMILES string of the molecule is C=C1CC2CC1(O)CC2(C)C. The zero-order valence-electron chi connectivity index (χ0n) is 7.35. The van der Waals surface area contributed by atoms with Gasteiger partial charge in [-0.3, -0.25) is 0 Å². The highest BCUT2D eigenvalue weighted by molar-refractivity contribution is 5.26. The first-order valence-electron chi connectivity index (χ1n) is 4.35. The van der Waals surface area contributed by atoms with Gasteiger partial charge in [0.1, 0.15) is 0 Å². The Hall–Kier alpha value is -0.300. The first-order valence-corrected chi connectivity index (χ1v) is 4.35. The smallest absolute Gasteiger partial charge is 0.0862 e. The summed E-state index contributed by atoms with van der Waals surface area (Å²) >= 11 is 0. The van der Waals surface area contributed by atoms with E-state index in [1.807, 2.05) is 0 Å². The van der Waals surface area contributed by atoms with E-state index in [0.29, 0.717) is 11.3 Å². The van der Waals surface area contributed by atoms with E-state index in [1.165, 1.54) is 0 Å². The van der Waals surface area contributed by atoms with Gasteiger partial charge in [-0.25, -0.2) is 0 Å². The van der Waals surface area contributed by atoms with Gasteiger partial charge in [0, 0.05) is 0 Å². The zero-order chi connectivity index (χ0) is 8.28. The molecule has 0 spiro atoms. The average molecular weight is 152 g/mol. The molecule has 2 atom stereocenters. The van der Waals surface area contributed by atoms with Crippen molar-refractivity contribution in [1.29, 1.82) is 0 Å². The Morgan fingerprint density at radius 2 is 2.18 bits per heavy atom. The van der Waals surface area contributed by atoms with Crippen LogP contribution in [0.5, 0.6) is 0 Å². The van der Waals surface area contributed by atoms with Crippen molar-refractivity contribution in [3.05, 3.63) is 12.2 Å². The number of aliphatic hydroxyl groups is 1. The molecule has 1 nitrogen and oxygen atoms in total. The minimum atomic E-state index is -0.492. The number of hydrogen-bond acceptors (Lipinski definition) is 1. The molecule has 0 aromatic carbocycles. The van der Waals surface area contributed by atoms with Crippen LogP contribution in [0.15, 0.2) is 12.2 Å². The molecule has 2 saturated carbocycles. The van der Waals surface area contributed by atoms with Gasteiger partial charge in [-0.1, -0.05) is 20.4 Å². The van der Waals surface area contributed by atoms with Crippen molar-refractivity contribution in [2.45, 2.75) is 38.7 Å². The van der Waals surface area contributed by atoms with Gasteiger partial charge in [-0.05, 0) is 36.2 Å². The van der Waals surface area contributed by atoms with Crippen molar-refractivity contribution in [2.75, 3.05) is 0 Å². The summed E-state index contributed by atoms with van der Waals surface area (Å²) in [6, 6.07) is 0. The van der Waals surface area contributed by atoms with Gasteiger partial charge in [0.15, 0.2) is 0 Å². The number of fused-ring (bicyclic) bond motifs is 2. The topological polar surface area (TPSA) is 20.2 Å². The quantitative estimate of drug-likeness (QED) is 0.527. The van der Waals surface area contributed by atoms with Crippen LogP contribution in [0.25, 0.3) is 0 Å². The van der Waals surface area contributed by atoms with Gasteiger partial charge in [-0.15, -0.1) is 0 Å². The first-order chi connectivity index (χ1) is 4.94. The van der Waals surface area contributed by atoms with Gasteiger partial charge in [0.2, 0.25) is 0 Å². The van der Waals surface area contributed by atoms with E-state index in [9.17, 15) is 5.11 Å². The number of rotatable bonds is 0. The van der Waals surface area contributed by atoms with Crippen LogP contribution in [0.3, 0.4) is 0 Å². The summed E-state index contributed by atoms with van der Waals surface area (Å²) in [7, 11) is 0. The molecule has 0 aromatic heterocycles. The lowest BCUT2D eigenvalue weighted by Gasteiger charge is -2.33. The Morgan fingerprint density at radius 3 is 2.45 bits per heavy atom. The zero-order valence-corrected chi connectivity index (χ0v) is 7.35. The maximum absolute atomic E-state index is 10.0. The molecule has 0 aliphatic heterocycles. The monoisotopic (exact) mass is 152 g/mol. The molecule has 62 valence electrons. The molecule has 1 heteroatoms. The van der Waals surface area contributed by atoms with Crippen LogP contribution >= 0.6 is 0 Å². The maximum atomic E-state index is 10.0. The minimum Gasteiger partial charge on any atom is -0.385 e. The third-order valence-corrected chi connectivity index (χ3v) is 3.59. The fraction of sp³-hybridized carbons (Fsp3) is 0.800. The van der Waals surface area contributed by atoms with Crippen molar-refractivity contribution in [3.8, 4) is 0 Å². The summed E-state index contributed by atoms with van der Waals surface area (Å²) in [4.78, 5) is 0. The van der Waals surface area contributed by atoms with E-state index in [-0.39, 0.29) is 0 Å². The van der Waals surface area contributed by atoms with Crippen molar-refractivity contribution >= 4 is 0 Å². The molecule has 0 saturated heterocycles. The van der Waals surface area contributed by atoms with Gasteiger partial charge in [0.25, 0.3) is 0 Å². The average Bonchev–Trinajstić information content (AvgIpc) is 2.16. The molecule has 0 amide bonds. The lowest BCUT2D eigenvalue weighted by atomic mass is 9.74. The largest absolute Gasteiger partial charge is 0.385 e. The van der Waals surface area contributed by atoms with E-state index >= 15 is 0 Å². The molecule has 11 heavy (non-hydrogen) atoms. The molecule has 1 N–H and O–H groups in total. The molecule has 2 rings (SSSR count). The fourth-order valence-electron chi connectivity index (χ4n) is 2.76. The van der Waals surface area contributed by atoms with Crippen molar-refractivity contribution in [3.63, 3.8) is 0 Å². The summed E-state index contributed by atoms with van der Waals surface area (Å²) in [5.74, 6) is 0.681. The predicted molar refractivity (Wildman–Crippen MR) is 45.2 cm³/mol. The van der Waals surface area contributed by atoms with Crippen LogP contribution in [-0.4, -0.2) is 10.7 Å². The Kier molecular flexibility index (Phi) is 1.15. The molecule has 0 heterocycles. The van der Waals surface area contributed by atoms with Crippen molar-refractivity contribution in [2.24, 2.45) is 11.3 Å². The second kappa shape index (κ2) is 1.71. The van der Waals surface area contributed by atoms with Crippen LogP contribution in [0.2, 0.25) is 0 Å². The van der Waals surface area contributed by atoms with Gasteiger partial charge >= 0.3 is 0 Å². The predicted octanol–water partition coefficient (Wildman–Crippen LogP) is 2.11. The normalized spacial score (nSPS) is 46.8. The highest BCUT2D eigenvalue weighted by Crippen LogP contribution is 2.59. The van der Waals surface area contributed by atoms with E-state index in [1.54, 1.807) is 0 Å². The van der Waals surface area contributed by atoms with E-state index in [2.05, 4.69) is 20.4 Å². The summed E-state index contributed by atoms with van der Waals surface area (Å²) in [5, 5.41) is 10.0. The fourth-order valence-corrected chi connectivity index (χ4v) is 2.76. The Bertz CT molecular complexity index is 217. The third kappa shape index (κ3) is 0.807. The molecule has 2 aliphatic carbocycles. The van der Waals surface area contributed by atoms with Gasteiger partial charge in [0.05, 0.1) is 5.60 Å². The van der Waals surface area contributed by atoms with Gasteiger partial charge < -0.3 is 5.11 Å². The Balaban J connectivity index is 2.34. The van der Waals surface area contributed by atoms with Gasteiger partial charge in [-0.2, -0.15) is 0 Å². The second-order valence-electron chi connectivity index (χ2n) is 4.91. The minimum absolute atomic E-state index is 0.343. The Morgan fingerprint density at radius 1 is 1.55 bits per heavy atom. The van der Waals surface area contributed by atoms with Crippen LogP contribution in [0.4, 0.5) is 0 Å². The van der Waals surface area contributed by atoms with Crippen molar-refractivity contribution in [1.82, 2.24) is 0 Å². The highest BCUT2D eigenvalue weighted by Gasteiger charge is 2.55. The van der Waals surface area contributed by atoms with E-state index in [0.717, 1.165) is 24.8 Å². The van der Waals surface area contributed by atoms with Crippen LogP contribution < -0.4 is 0 Å². The molecule has 2 aliphatic rings. The summed E-state index contributed by atoms with van der Waals surface area (Å²) in [5.41, 5.74) is 0.922. The van der Waals surface area contributed by atoms with E-state index in [4.69, 9.17) is 0 Å². The second-order valence-corrected chi connectivity index (χ2v) is 4.91. The molecule has 2 fully saturated rings. The first kappa shape index (κ1) is 7.35. The highest BCUT2D eigenvalue weighted by atomic mass is 16.3. The van der Waals surface area contributed by atoms with Crippen LogP contribution in [0.1, 0.15) is 33.1 Å².